The highest BCUT2D eigenvalue weighted by Gasteiger charge is 2.29. The van der Waals surface area contributed by atoms with Gasteiger partial charge >= 0.3 is 12.1 Å². The second-order valence-electron chi connectivity index (χ2n) is 8.51. The highest BCUT2D eigenvalue weighted by molar-refractivity contribution is 5.79. The number of ether oxygens (including phenoxy) is 1. The van der Waals surface area contributed by atoms with Crippen LogP contribution in [0.15, 0.2) is 48.5 Å². The van der Waals surface area contributed by atoms with Gasteiger partial charge in [0.05, 0.1) is 5.92 Å². The molecule has 0 aliphatic heterocycles. The highest BCUT2D eigenvalue weighted by Crippen LogP contribution is 2.44. The Morgan fingerprint density at radius 1 is 1.04 bits per heavy atom. The van der Waals surface area contributed by atoms with Gasteiger partial charge in [-0.1, -0.05) is 69.3 Å². The van der Waals surface area contributed by atoms with Crippen LogP contribution >= 0.6 is 0 Å². The summed E-state index contributed by atoms with van der Waals surface area (Å²) in [7, 11) is 0. The lowest BCUT2D eigenvalue weighted by Crippen LogP contribution is -2.35. The Hall–Kier alpha value is -2.82. The van der Waals surface area contributed by atoms with Crippen molar-refractivity contribution < 1.29 is 19.4 Å². The number of fused-ring (bicyclic) bond motifs is 3. The van der Waals surface area contributed by atoms with Gasteiger partial charge in [0.25, 0.3) is 0 Å². The standard InChI is InChI=1S/C23H27NO4/c1-23(2,3)12-15(21(25)26)13-24-22(27)28-14-20-18-10-6-4-8-16(18)17-9-5-7-11-19(17)20/h4-11,15,20H,12-14H2,1-3H3,(H,24,27)(H,25,26). The maximum absolute atomic E-state index is 12.2. The van der Waals surface area contributed by atoms with E-state index in [9.17, 15) is 14.7 Å². The topological polar surface area (TPSA) is 75.6 Å². The summed E-state index contributed by atoms with van der Waals surface area (Å²) in [5.74, 6) is -1.56. The molecule has 0 spiro atoms. The predicted octanol–water partition coefficient (Wildman–Crippen LogP) is 4.66. The summed E-state index contributed by atoms with van der Waals surface area (Å²) >= 11 is 0. The van der Waals surface area contributed by atoms with E-state index in [2.05, 4.69) is 29.6 Å². The number of benzene rings is 2. The van der Waals surface area contributed by atoms with Crippen LogP contribution in [-0.4, -0.2) is 30.3 Å². The van der Waals surface area contributed by atoms with Gasteiger partial charge in [-0.25, -0.2) is 4.79 Å². The van der Waals surface area contributed by atoms with E-state index in [0.29, 0.717) is 6.42 Å². The molecule has 1 atom stereocenters. The molecule has 1 unspecified atom stereocenters. The Labute approximate surface area is 165 Å². The van der Waals surface area contributed by atoms with Crippen molar-refractivity contribution in [1.29, 1.82) is 0 Å². The van der Waals surface area contributed by atoms with E-state index in [1.165, 1.54) is 11.1 Å². The predicted molar refractivity (Wildman–Crippen MR) is 108 cm³/mol. The van der Waals surface area contributed by atoms with Gasteiger partial charge < -0.3 is 15.2 Å². The van der Waals surface area contributed by atoms with Crippen LogP contribution in [0.2, 0.25) is 0 Å². The minimum Gasteiger partial charge on any atom is -0.481 e. The lowest BCUT2D eigenvalue weighted by atomic mass is 9.84. The van der Waals surface area contributed by atoms with Crippen molar-refractivity contribution in [3.8, 4) is 11.1 Å². The molecule has 1 aliphatic rings. The molecule has 1 aliphatic carbocycles. The van der Waals surface area contributed by atoms with E-state index in [1.54, 1.807) is 0 Å². The molecule has 0 aromatic heterocycles. The molecule has 0 saturated heterocycles. The lowest BCUT2D eigenvalue weighted by Gasteiger charge is -2.23. The molecule has 3 rings (SSSR count). The number of alkyl carbamates (subject to hydrolysis) is 1. The smallest absolute Gasteiger partial charge is 0.407 e. The van der Waals surface area contributed by atoms with Crippen molar-refractivity contribution >= 4 is 12.1 Å². The average Bonchev–Trinajstić information content (AvgIpc) is 2.96. The van der Waals surface area contributed by atoms with E-state index in [4.69, 9.17) is 4.74 Å². The van der Waals surface area contributed by atoms with Crippen molar-refractivity contribution in [1.82, 2.24) is 5.32 Å². The fraction of sp³-hybridized carbons (Fsp3) is 0.391. The number of rotatable bonds is 6. The number of aliphatic carboxylic acids is 1. The fourth-order valence-corrected chi connectivity index (χ4v) is 3.84. The van der Waals surface area contributed by atoms with Crippen LogP contribution in [0.5, 0.6) is 0 Å². The maximum atomic E-state index is 12.2. The summed E-state index contributed by atoms with van der Waals surface area (Å²) in [5, 5.41) is 12.0. The van der Waals surface area contributed by atoms with Crippen LogP contribution < -0.4 is 5.32 Å². The molecule has 5 heteroatoms. The van der Waals surface area contributed by atoms with E-state index in [-0.39, 0.29) is 24.5 Å². The number of carbonyl (C=O) groups is 2. The maximum Gasteiger partial charge on any atom is 0.407 e. The van der Waals surface area contributed by atoms with E-state index in [1.807, 2.05) is 45.0 Å². The number of carboxylic acids is 1. The molecule has 2 aromatic rings. The zero-order chi connectivity index (χ0) is 20.3. The van der Waals surface area contributed by atoms with Gasteiger partial charge in [-0.15, -0.1) is 0 Å². The molecular formula is C23H27NO4. The lowest BCUT2D eigenvalue weighted by molar-refractivity contribution is -0.142. The normalized spacial score (nSPS) is 14.1. The monoisotopic (exact) mass is 381 g/mol. The van der Waals surface area contributed by atoms with E-state index < -0.39 is 18.0 Å². The van der Waals surface area contributed by atoms with Gasteiger partial charge in [0.1, 0.15) is 6.61 Å². The van der Waals surface area contributed by atoms with Crippen molar-refractivity contribution in [2.75, 3.05) is 13.2 Å². The zero-order valence-electron chi connectivity index (χ0n) is 16.6. The number of carboxylic acid groups (broad SMARTS) is 1. The van der Waals surface area contributed by atoms with E-state index >= 15 is 0 Å². The number of hydrogen-bond donors (Lipinski definition) is 2. The molecule has 148 valence electrons. The van der Waals surface area contributed by atoms with Gasteiger partial charge in [-0.2, -0.15) is 0 Å². The van der Waals surface area contributed by atoms with Gasteiger partial charge in [0, 0.05) is 12.5 Å². The zero-order valence-corrected chi connectivity index (χ0v) is 16.6. The third-order valence-corrected chi connectivity index (χ3v) is 5.04. The molecule has 28 heavy (non-hydrogen) atoms. The summed E-state index contributed by atoms with van der Waals surface area (Å²) in [6, 6.07) is 16.3. The Morgan fingerprint density at radius 2 is 1.57 bits per heavy atom. The molecule has 2 aromatic carbocycles. The van der Waals surface area contributed by atoms with Gasteiger partial charge in [-0.3, -0.25) is 4.79 Å². The first-order valence-electron chi connectivity index (χ1n) is 9.58. The van der Waals surface area contributed by atoms with Crippen molar-refractivity contribution in [2.45, 2.75) is 33.1 Å². The first kappa shape index (κ1) is 19.9. The SMILES string of the molecule is CC(C)(C)CC(CNC(=O)OCC1c2ccccc2-c2ccccc21)C(=O)O. The third kappa shape index (κ3) is 4.53. The van der Waals surface area contributed by atoms with Crippen LogP contribution in [0.3, 0.4) is 0 Å². The summed E-state index contributed by atoms with van der Waals surface area (Å²) < 4.78 is 5.46. The molecule has 5 nitrogen and oxygen atoms in total. The summed E-state index contributed by atoms with van der Waals surface area (Å²) in [5.41, 5.74) is 4.50. The van der Waals surface area contributed by atoms with Gasteiger partial charge in [-0.05, 0) is 34.1 Å². The minimum atomic E-state index is -0.908. The molecular weight excluding hydrogens is 354 g/mol. The molecule has 0 radical (unpaired) electrons. The molecule has 1 amide bonds. The summed E-state index contributed by atoms with van der Waals surface area (Å²) in [6.45, 7) is 6.23. The Kier molecular flexibility index (Phi) is 5.73. The quantitative estimate of drug-likeness (QED) is 0.763. The molecule has 0 bridgehead atoms. The fourth-order valence-electron chi connectivity index (χ4n) is 3.84. The third-order valence-electron chi connectivity index (χ3n) is 5.04. The van der Waals surface area contributed by atoms with Crippen LogP contribution in [0.1, 0.15) is 44.2 Å². The first-order valence-corrected chi connectivity index (χ1v) is 9.58. The van der Waals surface area contributed by atoms with Crippen LogP contribution in [0.25, 0.3) is 11.1 Å². The van der Waals surface area contributed by atoms with Gasteiger partial charge in [0.15, 0.2) is 0 Å². The number of amides is 1. The van der Waals surface area contributed by atoms with Crippen LogP contribution in [0.4, 0.5) is 4.79 Å². The summed E-state index contributed by atoms with van der Waals surface area (Å²) in [4.78, 5) is 23.6. The van der Waals surface area contributed by atoms with Crippen molar-refractivity contribution in [3.05, 3.63) is 59.7 Å². The molecule has 0 fully saturated rings. The molecule has 2 N–H and O–H groups in total. The Bertz CT molecular complexity index is 823. The Morgan fingerprint density at radius 3 is 2.07 bits per heavy atom. The number of hydrogen-bond acceptors (Lipinski definition) is 3. The second kappa shape index (κ2) is 8.05. The van der Waals surface area contributed by atoms with Crippen molar-refractivity contribution in [3.63, 3.8) is 0 Å². The van der Waals surface area contributed by atoms with Crippen LogP contribution in [0, 0.1) is 11.3 Å². The Balaban J connectivity index is 1.61. The largest absolute Gasteiger partial charge is 0.481 e. The number of carbonyl (C=O) groups excluding carboxylic acids is 1. The first-order chi connectivity index (χ1) is 13.3. The summed E-state index contributed by atoms with van der Waals surface area (Å²) in [6.07, 6.45) is -0.103. The second-order valence-corrected chi connectivity index (χ2v) is 8.51. The number of nitrogens with one attached hydrogen (secondary N) is 1. The minimum absolute atomic E-state index is 0.0111. The van der Waals surface area contributed by atoms with Gasteiger partial charge in [0.2, 0.25) is 0 Å². The average molecular weight is 381 g/mol. The van der Waals surface area contributed by atoms with E-state index in [0.717, 1.165) is 11.1 Å². The molecule has 0 saturated carbocycles. The van der Waals surface area contributed by atoms with Crippen molar-refractivity contribution in [2.24, 2.45) is 11.3 Å². The molecule has 0 heterocycles. The van der Waals surface area contributed by atoms with Crippen LogP contribution in [-0.2, 0) is 9.53 Å². The highest BCUT2D eigenvalue weighted by atomic mass is 16.5.